The highest BCUT2D eigenvalue weighted by atomic mass is 16.6. The minimum absolute atomic E-state index is 0.0494. The molecule has 1 aliphatic heterocycles. The van der Waals surface area contributed by atoms with E-state index in [2.05, 4.69) is 5.32 Å². The highest BCUT2D eigenvalue weighted by Gasteiger charge is 2.42. The van der Waals surface area contributed by atoms with Gasteiger partial charge in [0.05, 0.1) is 21.5 Å². The first-order chi connectivity index (χ1) is 12.5. The Morgan fingerprint density at radius 2 is 1.92 bits per heavy atom. The van der Waals surface area contributed by atoms with Crippen molar-refractivity contribution >= 4 is 17.1 Å². The van der Waals surface area contributed by atoms with Gasteiger partial charge in [-0.05, 0) is 30.4 Å². The molecule has 1 heterocycles. The van der Waals surface area contributed by atoms with Crippen LogP contribution in [0.3, 0.4) is 0 Å². The maximum Gasteiger partial charge on any atom is 0.275 e. The molecule has 2 aliphatic rings. The highest BCUT2D eigenvalue weighted by Crippen LogP contribution is 2.53. The number of nitrogens with zero attached hydrogens (tertiary/aromatic N) is 2. The van der Waals surface area contributed by atoms with E-state index in [1.165, 1.54) is 6.07 Å². The predicted octanol–water partition coefficient (Wildman–Crippen LogP) is 4.64. The Morgan fingerprint density at radius 1 is 1.12 bits per heavy atom. The lowest BCUT2D eigenvalue weighted by atomic mass is 9.75. The molecule has 132 valence electrons. The summed E-state index contributed by atoms with van der Waals surface area (Å²) in [5.74, 6) is 0.0146. The standard InChI is InChI=1S/C19H17N3O4/c1-11-8-9-16(22(25)26)17-14-6-3-7-15(14)19(20-18(11)17)12-4-2-5-13(10-12)21(23)24/h2-6,8-10,14-15,19-20H,7H2,1H3/t14-,15+,19+/m0/s1. The van der Waals surface area contributed by atoms with Gasteiger partial charge in [0.1, 0.15) is 0 Å². The number of benzene rings is 2. The van der Waals surface area contributed by atoms with Crippen LogP contribution < -0.4 is 5.32 Å². The molecule has 0 fully saturated rings. The van der Waals surface area contributed by atoms with Gasteiger partial charge in [-0.1, -0.05) is 30.4 Å². The summed E-state index contributed by atoms with van der Waals surface area (Å²) < 4.78 is 0. The van der Waals surface area contributed by atoms with Gasteiger partial charge in [-0.25, -0.2) is 0 Å². The summed E-state index contributed by atoms with van der Waals surface area (Å²) >= 11 is 0. The van der Waals surface area contributed by atoms with E-state index in [-0.39, 0.29) is 34.2 Å². The second kappa shape index (κ2) is 5.94. The number of nitro groups is 2. The number of aryl methyl sites for hydroxylation is 1. The molecule has 2 aromatic rings. The van der Waals surface area contributed by atoms with Crippen LogP contribution in [0.2, 0.25) is 0 Å². The number of non-ortho nitro benzene ring substituents is 1. The summed E-state index contributed by atoms with van der Waals surface area (Å²) in [4.78, 5) is 21.9. The monoisotopic (exact) mass is 351 g/mol. The summed E-state index contributed by atoms with van der Waals surface area (Å²) in [5, 5.41) is 26.1. The van der Waals surface area contributed by atoms with Crippen molar-refractivity contribution < 1.29 is 9.85 Å². The smallest absolute Gasteiger partial charge is 0.275 e. The number of nitro benzene ring substituents is 2. The number of rotatable bonds is 3. The Hall–Kier alpha value is -3.22. The summed E-state index contributed by atoms with van der Waals surface area (Å²) in [6.45, 7) is 1.92. The Balaban J connectivity index is 1.85. The molecule has 0 amide bonds. The second-order valence-corrected chi connectivity index (χ2v) is 6.77. The fourth-order valence-electron chi connectivity index (χ4n) is 4.16. The van der Waals surface area contributed by atoms with E-state index in [1.54, 1.807) is 24.3 Å². The molecule has 7 heteroatoms. The van der Waals surface area contributed by atoms with Gasteiger partial charge in [0, 0.05) is 29.8 Å². The van der Waals surface area contributed by atoms with Crippen LogP contribution in [-0.2, 0) is 0 Å². The van der Waals surface area contributed by atoms with E-state index >= 15 is 0 Å². The van der Waals surface area contributed by atoms with E-state index in [9.17, 15) is 20.2 Å². The fraction of sp³-hybridized carbons (Fsp3) is 0.263. The van der Waals surface area contributed by atoms with Gasteiger partial charge < -0.3 is 5.32 Å². The van der Waals surface area contributed by atoms with E-state index in [1.807, 2.05) is 25.1 Å². The maximum absolute atomic E-state index is 11.5. The van der Waals surface area contributed by atoms with Crippen LogP contribution in [-0.4, -0.2) is 9.85 Å². The number of hydrogen-bond acceptors (Lipinski definition) is 5. The van der Waals surface area contributed by atoms with Crippen molar-refractivity contribution in [1.29, 1.82) is 0 Å². The van der Waals surface area contributed by atoms with Crippen LogP contribution in [0.15, 0.2) is 48.6 Å². The molecule has 0 radical (unpaired) electrons. The molecule has 0 aromatic heterocycles. The van der Waals surface area contributed by atoms with Crippen molar-refractivity contribution in [2.45, 2.75) is 25.3 Å². The van der Waals surface area contributed by atoms with Crippen molar-refractivity contribution in [2.24, 2.45) is 5.92 Å². The van der Waals surface area contributed by atoms with Gasteiger partial charge in [-0.2, -0.15) is 0 Å². The van der Waals surface area contributed by atoms with Crippen molar-refractivity contribution in [3.63, 3.8) is 0 Å². The molecule has 0 saturated heterocycles. The average Bonchev–Trinajstić information content (AvgIpc) is 3.11. The van der Waals surface area contributed by atoms with Gasteiger partial charge in [0.2, 0.25) is 0 Å². The molecule has 0 unspecified atom stereocenters. The van der Waals surface area contributed by atoms with Gasteiger partial charge in [-0.3, -0.25) is 20.2 Å². The number of hydrogen-bond donors (Lipinski definition) is 1. The van der Waals surface area contributed by atoms with Crippen LogP contribution in [0, 0.1) is 33.1 Å². The van der Waals surface area contributed by atoms with Crippen molar-refractivity contribution in [1.82, 2.24) is 0 Å². The van der Waals surface area contributed by atoms with Crippen LogP contribution in [0.4, 0.5) is 17.1 Å². The first kappa shape index (κ1) is 16.3. The topological polar surface area (TPSA) is 98.3 Å². The third-order valence-electron chi connectivity index (χ3n) is 5.34. The molecule has 0 spiro atoms. The third kappa shape index (κ3) is 2.44. The van der Waals surface area contributed by atoms with E-state index < -0.39 is 4.92 Å². The molecule has 26 heavy (non-hydrogen) atoms. The number of fused-ring (bicyclic) bond motifs is 3. The lowest BCUT2D eigenvalue weighted by molar-refractivity contribution is -0.385. The zero-order valence-corrected chi connectivity index (χ0v) is 14.1. The normalized spacial score (nSPS) is 23.0. The zero-order chi connectivity index (χ0) is 18.4. The van der Waals surface area contributed by atoms with Crippen molar-refractivity contribution in [2.75, 3.05) is 5.32 Å². The molecular weight excluding hydrogens is 334 g/mol. The van der Waals surface area contributed by atoms with Gasteiger partial charge >= 0.3 is 0 Å². The minimum Gasteiger partial charge on any atom is -0.377 e. The fourth-order valence-corrected chi connectivity index (χ4v) is 4.16. The molecule has 0 saturated carbocycles. The molecule has 7 nitrogen and oxygen atoms in total. The van der Waals surface area contributed by atoms with Crippen LogP contribution in [0.1, 0.15) is 35.1 Å². The van der Waals surface area contributed by atoms with Crippen molar-refractivity contribution in [3.8, 4) is 0 Å². The Morgan fingerprint density at radius 3 is 2.65 bits per heavy atom. The lowest BCUT2D eigenvalue weighted by Crippen LogP contribution is -2.30. The average molecular weight is 351 g/mol. The Kier molecular flexibility index (Phi) is 3.72. The molecule has 1 N–H and O–H groups in total. The Bertz CT molecular complexity index is 954. The van der Waals surface area contributed by atoms with Crippen LogP contribution in [0.25, 0.3) is 0 Å². The molecule has 2 aromatic carbocycles. The largest absolute Gasteiger partial charge is 0.377 e. The predicted molar refractivity (Wildman–Crippen MR) is 97.3 cm³/mol. The van der Waals surface area contributed by atoms with Crippen molar-refractivity contribution in [3.05, 3.63) is 85.5 Å². The minimum atomic E-state index is -0.402. The summed E-state index contributed by atoms with van der Waals surface area (Å²) in [6, 6.07) is 9.79. The first-order valence-electron chi connectivity index (χ1n) is 8.43. The summed E-state index contributed by atoms with van der Waals surface area (Å²) in [5.41, 5.74) is 3.42. The lowest BCUT2D eigenvalue weighted by Gasteiger charge is -2.37. The molecule has 3 atom stereocenters. The number of nitrogens with one attached hydrogen (secondary N) is 1. The van der Waals surface area contributed by atoms with E-state index in [4.69, 9.17) is 0 Å². The Labute approximate surface area is 149 Å². The van der Waals surface area contributed by atoms with Gasteiger partial charge in [0.25, 0.3) is 11.4 Å². The summed E-state index contributed by atoms with van der Waals surface area (Å²) in [6.07, 6.45) is 4.85. The second-order valence-electron chi connectivity index (χ2n) is 6.77. The van der Waals surface area contributed by atoms with E-state index in [0.717, 1.165) is 28.8 Å². The van der Waals surface area contributed by atoms with E-state index in [0.29, 0.717) is 0 Å². The highest BCUT2D eigenvalue weighted by molar-refractivity contribution is 5.70. The van der Waals surface area contributed by atoms with Crippen LogP contribution in [0.5, 0.6) is 0 Å². The van der Waals surface area contributed by atoms with Crippen LogP contribution >= 0.6 is 0 Å². The summed E-state index contributed by atoms with van der Waals surface area (Å²) in [7, 11) is 0. The molecule has 0 bridgehead atoms. The van der Waals surface area contributed by atoms with Gasteiger partial charge in [-0.15, -0.1) is 0 Å². The number of allylic oxidation sites excluding steroid dienone is 2. The quantitative estimate of drug-likeness (QED) is 0.493. The molecule has 4 rings (SSSR count). The zero-order valence-electron chi connectivity index (χ0n) is 14.1. The molecular formula is C19H17N3O4. The number of anilines is 1. The molecule has 1 aliphatic carbocycles. The first-order valence-corrected chi connectivity index (χ1v) is 8.43. The van der Waals surface area contributed by atoms with Gasteiger partial charge in [0.15, 0.2) is 0 Å². The SMILES string of the molecule is Cc1ccc([N+](=O)[O-])c2c1N[C@H](c1cccc([N+](=O)[O-])c1)[C@@H]1CC=C[C@H]21. The maximum atomic E-state index is 11.5. The third-order valence-corrected chi connectivity index (χ3v) is 5.34.